The Labute approximate surface area is 116 Å². The summed E-state index contributed by atoms with van der Waals surface area (Å²) in [6.07, 6.45) is 0.0243. The average Bonchev–Trinajstić information content (AvgIpc) is 2.45. The highest BCUT2D eigenvalue weighted by Gasteiger charge is 2.12. The first-order valence-corrected chi connectivity index (χ1v) is 5.92. The molecule has 1 amide bonds. The third-order valence-electron chi connectivity index (χ3n) is 2.39. The van der Waals surface area contributed by atoms with Gasteiger partial charge in [0.15, 0.2) is 0 Å². The minimum absolute atomic E-state index is 0.0243. The van der Waals surface area contributed by atoms with Crippen molar-refractivity contribution in [3.8, 4) is 11.8 Å². The maximum Gasteiger partial charge on any atom is 0.307 e. The number of carbonyl (C=O) groups excluding carboxylic acids is 2. The fourth-order valence-corrected chi connectivity index (χ4v) is 1.41. The third-order valence-corrected chi connectivity index (χ3v) is 2.39. The van der Waals surface area contributed by atoms with Crippen molar-refractivity contribution in [3.05, 3.63) is 35.1 Å². The van der Waals surface area contributed by atoms with Crippen molar-refractivity contribution in [2.75, 3.05) is 20.2 Å². The minimum atomic E-state index is -0.654. The number of carbonyl (C=O) groups is 2. The predicted molar refractivity (Wildman–Crippen MR) is 71.3 cm³/mol. The molecule has 1 rings (SSSR count). The van der Waals surface area contributed by atoms with Crippen molar-refractivity contribution in [3.63, 3.8) is 0 Å². The Balaban J connectivity index is 2.74. The van der Waals surface area contributed by atoms with Gasteiger partial charge in [0.25, 0.3) is 5.91 Å². The second kappa shape index (κ2) is 7.92. The van der Waals surface area contributed by atoms with Gasteiger partial charge in [0, 0.05) is 12.1 Å². The molecule has 0 spiro atoms. The molecule has 0 fully saturated rings. The van der Waals surface area contributed by atoms with Crippen LogP contribution in [0.2, 0.25) is 0 Å². The maximum absolute atomic E-state index is 13.6. The van der Waals surface area contributed by atoms with E-state index in [0.717, 1.165) is 6.07 Å². The number of hydrogen-bond acceptors (Lipinski definition) is 4. The number of benzene rings is 1. The SMILES string of the molecule is COC(=O)CCNC(=O)c1cc(C#CCN)ccc1F. The van der Waals surface area contributed by atoms with Crippen molar-refractivity contribution in [2.24, 2.45) is 5.73 Å². The second-order valence-corrected chi connectivity index (χ2v) is 3.78. The number of methoxy groups -OCH3 is 1. The van der Waals surface area contributed by atoms with Gasteiger partial charge in [0.05, 0.1) is 25.6 Å². The molecule has 0 unspecified atom stereocenters. The lowest BCUT2D eigenvalue weighted by Crippen LogP contribution is -2.27. The molecule has 0 saturated carbocycles. The van der Waals surface area contributed by atoms with Crippen LogP contribution in [0.4, 0.5) is 4.39 Å². The molecule has 0 saturated heterocycles. The van der Waals surface area contributed by atoms with Crippen molar-refractivity contribution in [1.29, 1.82) is 0 Å². The van der Waals surface area contributed by atoms with Crippen LogP contribution in [0.15, 0.2) is 18.2 Å². The summed E-state index contributed by atoms with van der Waals surface area (Å²) in [5.41, 5.74) is 5.61. The quantitative estimate of drug-likeness (QED) is 0.618. The van der Waals surface area contributed by atoms with Gasteiger partial charge in [-0.05, 0) is 18.2 Å². The van der Waals surface area contributed by atoms with E-state index in [1.165, 1.54) is 19.2 Å². The molecular weight excluding hydrogens is 263 g/mol. The summed E-state index contributed by atoms with van der Waals surface area (Å²) in [5, 5.41) is 2.44. The van der Waals surface area contributed by atoms with Crippen molar-refractivity contribution in [1.82, 2.24) is 5.32 Å². The molecule has 20 heavy (non-hydrogen) atoms. The topological polar surface area (TPSA) is 81.4 Å². The number of rotatable bonds is 4. The molecule has 5 nitrogen and oxygen atoms in total. The molecule has 0 atom stereocenters. The molecule has 0 aliphatic carbocycles. The Morgan fingerprint density at radius 2 is 2.20 bits per heavy atom. The number of nitrogens with two attached hydrogens (primary N) is 1. The summed E-state index contributed by atoms with van der Waals surface area (Å²) in [5.74, 6) is 3.62. The van der Waals surface area contributed by atoms with E-state index in [9.17, 15) is 14.0 Å². The van der Waals surface area contributed by atoms with Crippen LogP contribution in [0.5, 0.6) is 0 Å². The lowest BCUT2D eigenvalue weighted by molar-refractivity contribution is -0.140. The van der Waals surface area contributed by atoms with Crippen LogP contribution in [0.25, 0.3) is 0 Å². The summed E-state index contributed by atoms with van der Waals surface area (Å²) in [6, 6.07) is 3.96. The predicted octanol–water partition coefficient (Wildman–Crippen LogP) is 0.429. The van der Waals surface area contributed by atoms with Gasteiger partial charge in [-0.15, -0.1) is 0 Å². The van der Waals surface area contributed by atoms with Crippen LogP contribution >= 0.6 is 0 Å². The van der Waals surface area contributed by atoms with Crippen LogP contribution in [-0.2, 0) is 9.53 Å². The van der Waals surface area contributed by atoms with E-state index < -0.39 is 17.7 Å². The number of amides is 1. The van der Waals surface area contributed by atoms with Crippen LogP contribution in [0, 0.1) is 17.7 Å². The van der Waals surface area contributed by atoms with Gasteiger partial charge >= 0.3 is 5.97 Å². The fraction of sp³-hybridized carbons (Fsp3) is 0.286. The van der Waals surface area contributed by atoms with Crippen molar-refractivity contribution < 1.29 is 18.7 Å². The molecule has 0 bridgehead atoms. The van der Waals surface area contributed by atoms with E-state index in [0.29, 0.717) is 5.56 Å². The molecule has 6 heteroatoms. The Morgan fingerprint density at radius 1 is 1.45 bits per heavy atom. The first-order valence-electron chi connectivity index (χ1n) is 5.92. The number of ether oxygens (including phenoxy) is 1. The summed E-state index contributed by atoms with van der Waals surface area (Å²) in [4.78, 5) is 22.7. The van der Waals surface area contributed by atoms with E-state index in [1.807, 2.05) is 0 Å². The molecule has 0 aliphatic heterocycles. The van der Waals surface area contributed by atoms with Gasteiger partial charge in [-0.3, -0.25) is 9.59 Å². The van der Waals surface area contributed by atoms with E-state index in [2.05, 4.69) is 21.9 Å². The smallest absolute Gasteiger partial charge is 0.307 e. The lowest BCUT2D eigenvalue weighted by atomic mass is 10.1. The highest BCUT2D eigenvalue weighted by Crippen LogP contribution is 2.10. The van der Waals surface area contributed by atoms with Crippen LogP contribution in [0.3, 0.4) is 0 Å². The Morgan fingerprint density at radius 3 is 2.85 bits per heavy atom. The monoisotopic (exact) mass is 278 g/mol. The first-order chi connectivity index (χ1) is 9.58. The van der Waals surface area contributed by atoms with Gasteiger partial charge in [-0.1, -0.05) is 11.8 Å². The fourth-order valence-electron chi connectivity index (χ4n) is 1.41. The Kier molecular flexibility index (Phi) is 6.20. The number of hydrogen-bond donors (Lipinski definition) is 2. The zero-order chi connectivity index (χ0) is 15.0. The summed E-state index contributed by atoms with van der Waals surface area (Å²) < 4.78 is 18.0. The molecule has 0 aromatic heterocycles. The van der Waals surface area contributed by atoms with E-state index in [-0.39, 0.29) is 25.1 Å². The van der Waals surface area contributed by atoms with Gasteiger partial charge in [-0.25, -0.2) is 4.39 Å². The molecule has 106 valence electrons. The molecule has 0 aliphatic rings. The zero-order valence-electron chi connectivity index (χ0n) is 11.0. The first kappa shape index (κ1) is 15.7. The summed E-state index contributed by atoms with van der Waals surface area (Å²) in [7, 11) is 1.25. The summed E-state index contributed by atoms with van der Waals surface area (Å²) in [6.45, 7) is 0.252. The molecule has 1 aromatic rings. The standard InChI is InChI=1S/C14H15FN2O3/c1-20-13(18)6-8-17-14(19)11-9-10(3-2-7-16)4-5-12(11)15/h4-5,9H,6-8,16H2,1H3,(H,17,19). The molecule has 0 heterocycles. The largest absolute Gasteiger partial charge is 0.469 e. The zero-order valence-corrected chi connectivity index (χ0v) is 11.0. The van der Waals surface area contributed by atoms with Crippen LogP contribution in [0.1, 0.15) is 22.3 Å². The van der Waals surface area contributed by atoms with Gasteiger partial charge in [0.2, 0.25) is 0 Å². The summed E-state index contributed by atoms with van der Waals surface area (Å²) >= 11 is 0. The van der Waals surface area contributed by atoms with Gasteiger partial charge < -0.3 is 15.8 Å². The van der Waals surface area contributed by atoms with Crippen LogP contribution < -0.4 is 11.1 Å². The van der Waals surface area contributed by atoms with Crippen LogP contribution in [-0.4, -0.2) is 32.1 Å². The number of nitrogens with one attached hydrogen (secondary N) is 1. The van der Waals surface area contributed by atoms with Crippen molar-refractivity contribution in [2.45, 2.75) is 6.42 Å². The molecule has 3 N–H and O–H groups in total. The normalized spacial score (nSPS) is 9.35. The maximum atomic E-state index is 13.6. The number of esters is 1. The van der Waals surface area contributed by atoms with E-state index >= 15 is 0 Å². The van der Waals surface area contributed by atoms with E-state index in [1.54, 1.807) is 0 Å². The van der Waals surface area contributed by atoms with E-state index in [4.69, 9.17) is 5.73 Å². The number of halogens is 1. The Bertz CT molecular complexity index is 561. The molecular formula is C14H15FN2O3. The lowest BCUT2D eigenvalue weighted by Gasteiger charge is -2.06. The Hall–Kier alpha value is -2.39. The van der Waals surface area contributed by atoms with Gasteiger partial charge in [-0.2, -0.15) is 0 Å². The van der Waals surface area contributed by atoms with Crippen molar-refractivity contribution >= 4 is 11.9 Å². The highest BCUT2D eigenvalue weighted by molar-refractivity contribution is 5.95. The minimum Gasteiger partial charge on any atom is -0.469 e. The average molecular weight is 278 g/mol. The second-order valence-electron chi connectivity index (χ2n) is 3.78. The highest BCUT2D eigenvalue weighted by atomic mass is 19.1. The van der Waals surface area contributed by atoms with Gasteiger partial charge in [0.1, 0.15) is 5.82 Å². The molecule has 0 radical (unpaired) electrons. The third kappa shape index (κ3) is 4.71. The molecule has 1 aromatic carbocycles.